The summed E-state index contributed by atoms with van der Waals surface area (Å²) in [5.41, 5.74) is 0.154. The number of rotatable bonds is 5. The van der Waals surface area contributed by atoms with E-state index in [1.165, 1.54) is 24.3 Å². The molecule has 22 heavy (non-hydrogen) atoms. The van der Waals surface area contributed by atoms with Gasteiger partial charge in [0.25, 0.3) is 17.7 Å². The summed E-state index contributed by atoms with van der Waals surface area (Å²) in [4.78, 5) is 61.3. The second kappa shape index (κ2) is 6.61. The van der Waals surface area contributed by atoms with Crippen LogP contribution in [0, 0.1) is 0 Å². The first-order valence-corrected chi connectivity index (χ1v) is 6.43. The zero-order valence-electron chi connectivity index (χ0n) is 11.4. The number of nitrogens with zero attached hydrogens (tertiary/aromatic N) is 1. The predicted octanol–water partition coefficient (Wildman–Crippen LogP) is -0.164. The van der Waals surface area contributed by atoms with Crippen molar-refractivity contribution in [2.24, 2.45) is 0 Å². The lowest BCUT2D eigenvalue weighted by Gasteiger charge is -2.12. The van der Waals surface area contributed by atoms with E-state index < -0.39 is 23.7 Å². The van der Waals surface area contributed by atoms with Crippen LogP contribution in [0.15, 0.2) is 24.3 Å². The fraction of sp³-hybridized carbons (Fsp3) is 0.214. The van der Waals surface area contributed by atoms with Gasteiger partial charge in [0.15, 0.2) is 0 Å². The Bertz CT molecular complexity index is 638. The van der Waals surface area contributed by atoms with Crippen LogP contribution in [0.25, 0.3) is 0 Å². The molecule has 114 valence electrons. The van der Waals surface area contributed by atoms with Crippen molar-refractivity contribution in [3.8, 4) is 0 Å². The summed E-state index contributed by atoms with van der Waals surface area (Å²) in [6, 6.07) is 5.51. The normalized spacial score (nSPS) is 13.9. The Morgan fingerprint density at radius 3 is 2.45 bits per heavy atom. The van der Waals surface area contributed by atoms with E-state index in [2.05, 4.69) is 5.32 Å². The highest BCUT2D eigenvalue weighted by molar-refractivity contribution is 6.03. The summed E-state index contributed by atoms with van der Waals surface area (Å²) in [6.07, 6.45) is 0.529. The van der Waals surface area contributed by atoms with Crippen LogP contribution in [0.2, 0.25) is 0 Å². The minimum atomic E-state index is -0.923. The molecule has 0 aromatic heterocycles. The van der Waals surface area contributed by atoms with Gasteiger partial charge >= 0.3 is 5.97 Å². The molecule has 1 aliphatic rings. The molecule has 0 radical (unpaired) electrons. The Kier molecular flexibility index (Phi) is 4.62. The van der Waals surface area contributed by atoms with Gasteiger partial charge in [-0.3, -0.25) is 14.4 Å². The maximum atomic E-state index is 11.9. The number of carbonyl (C=O) groups is 5. The number of nitrogens with one attached hydrogen (secondary N) is 1. The molecule has 1 aliphatic heterocycles. The summed E-state index contributed by atoms with van der Waals surface area (Å²) in [6.45, 7) is -0.149. The monoisotopic (exact) mass is 304 g/mol. The molecule has 0 aliphatic carbocycles. The predicted molar refractivity (Wildman–Crippen MR) is 71.3 cm³/mol. The van der Waals surface area contributed by atoms with Crippen LogP contribution in [0.4, 0.5) is 0 Å². The standard InChI is InChI=1S/C14H12N2O6/c17-7-6-15-13(20)9-2-1-3-10(8-9)14(21)22-16-11(18)4-5-12(16)19/h1-3,7-8H,4-6H2,(H,15,20). The highest BCUT2D eigenvalue weighted by Crippen LogP contribution is 2.15. The number of carbonyl (C=O) groups excluding carboxylic acids is 5. The minimum Gasteiger partial charge on any atom is -0.345 e. The zero-order chi connectivity index (χ0) is 16.1. The molecule has 1 aromatic rings. The topological polar surface area (TPSA) is 110 Å². The summed E-state index contributed by atoms with van der Waals surface area (Å²) < 4.78 is 0. The third-order valence-electron chi connectivity index (χ3n) is 2.89. The molecule has 1 fully saturated rings. The Morgan fingerprint density at radius 1 is 1.18 bits per heavy atom. The van der Waals surface area contributed by atoms with Crippen molar-refractivity contribution in [2.75, 3.05) is 6.54 Å². The van der Waals surface area contributed by atoms with Crippen molar-refractivity contribution < 1.29 is 28.8 Å². The van der Waals surface area contributed by atoms with Crippen LogP contribution in [0.5, 0.6) is 0 Å². The van der Waals surface area contributed by atoms with Gasteiger partial charge in [0.1, 0.15) is 6.29 Å². The second-order valence-electron chi connectivity index (χ2n) is 4.42. The Balaban J connectivity index is 2.10. The quantitative estimate of drug-likeness (QED) is 0.597. The molecule has 0 unspecified atom stereocenters. The van der Waals surface area contributed by atoms with E-state index in [0.29, 0.717) is 11.3 Å². The van der Waals surface area contributed by atoms with Gasteiger partial charge in [0, 0.05) is 18.4 Å². The van der Waals surface area contributed by atoms with Crippen LogP contribution in [0.3, 0.4) is 0 Å². The van der Waals surface area contributed by atoms with Crippen molar-refractivity contribution in [3.63, 3.8) is 0 Å². The number of hydrogen-bond acceptors (Lipinski definition) is 6. The van der Waals surface area contributed by atoms with Gasteiger partial charge in [-0.15, -0.1) is 5.06 Å². The third kappa shape index (κ3) is 3.35. The Labute approximate surface area is 125 Å². The van der Waals surface area contributed by atoms with Gasteiger partial charge in [-0.2, -0.15) is 0 Å². The SMILES string of the molecule is O=CCNC(=O)c1cccc(C(=O)ON2C(=O)CCC2=O)c1. The van der Waals surface area contributed by atoms with Crippen LogP contribution >= 0.6 is 0 Å². The highest BCUT2D eigenvalue weighted by Gasteiger charge is 2.33. The molecule has 8 nitrogen and oxygen atoms in total. The molecule has 1 saturated heterocycles. The van der Waals surface area contributed by atoms with Crippen LogP contribution in [-0.4, -0.2) is 41.6 Å². The van der Waals surface area contributed by atoms with Crippen molar-refractivity contribution in [1.29, 1.82) is 0 Å². The molecule has 0 atom stereocenters. The smallest absolute Gasteiger partial charge is 0.345 e. The van der Waals surface area contributed by atoms with Crippen molar-refractivity contribution in [2.45, 2.75) is 12.8 Å². The molecule has 0 bridgehead atoms. The van der Waals surface area contributed by atoms with E-state index in [-0.39, 0.29) is 30.5 Å². The molecular weight excluding hydrogens is 292 g/mol. The lowest BCUT2D eigenvalue weighted by Crippen LogP contribution is -2.32. The number of amides is 3. The van der Waals surface area contributed by atoms with Crippen LogP contribution in [-0.2, 0) is 19.2 Å². The molecule has 1 heterocycles. The summed E-state index contributed by atoms with van der Waals surface area (Å²) in [7, 11) is 0. The van der Waals surface area contributed by atoms with E-state index in [1.807, 2.05) is 0 Å². The molecule has 1 aromatic carbocycles. The van der Waals surface area contributed by atoms with Gasteiger partial charge in [-0.1, -0.05) is 6.07 Å². The van der Waals surface area contributed by atoms with Crippen LogP contribution < -0.4 is 5.32 Å². The van der Waals surface area contributed by atoms with E-state index >= 15 is 0 Å². The van der Waals surface area contributed by atoms with Crippen LogP contribution in [0.1, 0.15) is 33.6 Å². The van der Waals surface area contributed by atoms with E-state index in [1.54, 1.807) is 0 Å². The molecule has 8 heteroatoms. The van der Waals surface area contributed by atoms with Crippen molar-refractivity contribution in [3.05, 3.63) is 35.4 Å². The average Bonchev–Trinajstić information content (AvgIpc) is 2.84. The van der Waals surface area contributed by atoms with Gasteiger partial charge in [-0.05, 0) is 18.2 Å². The van der Waals surface area contributed by atoms with Gasteiger partial charge in [0.05, 0.1) is 12.1 Å². The average molecular weight is 304 g/mol. The van der Waals surface area contributed by atoms with Crippen molar-refractivity contribution in [1.82, 2.24) is 10.4 Å². The summed E-state index contributed by atoms with van der Waals surface area (Å²) >= 11 is 0. The van der Waals surface area contributed by atoms with E-state index in [9.17, 15) is 24.0 Å². The lowest BCUT2D eigenvalue weighted by molar-refractivity contribution is -0.172. The van der Waals surface area contributed by atoms with Crippen molar-refractivity contribution >= 4 is 30.0 Å². The van der Waals surface area contributed by atoms with Gasteiger partial charge < -0.3 is 14.9 Å². The highest BCUT2D eigenvalue weighted by atomic mass is 16.7. The fourth-order valence-corrected chi connectivity index (χ4v) is 1.82. The number of hydrogen-bond donors (Lipinski definition) is 1. The van der Waals surface area contributed by atoms with Gasteiger partial charge in [-0.25, -0.2) is 4.79 Å². The summed E-state index contributed by atoms with van der Waals surface area (Å²) in [5.74, 6) is -2.62. The first-order valence-electron chi connectivity index (χ1n) is 6.43. The van der Waals surface area contributed by atoms with E-state index in [4.69, 9.17) is 4.84 Å². The number of hydroxylamine groups is 2. The molecule has 2 rings (SSSR count). The number of imide groups is 1. The first-order chi connectivity index (χ1) is 10.5. The molecule has 0 spiro atoms. The maximum absolute atomic E-state index is 11.9. The zero-order valence-corrected chi connectivity index (χ0v) is 11.4. The first kappa shape index (κ1) is 15.4. The molecular formula is C14H12N2O6. The Hall–Kier alpha value is -3.03. The second-order valence-corrected chi connectivity index (χ2v) is 4.42. The van der Waals surface area contributed by atoms with Gasteiger partial charge in [0.2, 0.25) is 0 Å². The molecule has 1 N–H and O–H groups in total. The minimum absolute atomic E-state index is 0.000252. The fourth-order valence-electron chi connectivity index (χ4n) is 1.82. The number of benzene rings is 1. The number of aldehydes is 1. The van der Waals surface area contributed by atoms with E-state index in [0.717, 1.165) is 0 Å². The summed E-state index contributed by atoms with van der Waals surface area (Å²) in [5, 5.41) is 2.76. The third-order valence-corrected chi connectivity index (χ3v) is 2.89. The molecule has 0 saturated carbocycles. The maximum Gasteiger partial charge on any atom is 0.363 e. The largest absolute Gasteiger partial charge is 0.363 e. The lowest BCUT2D eigenvalue weighted by atomic mass is 10.1. The Morgan fingerprint density at radius 2 is 1.82 bits per heavy atom. The molecule has 3 amide bonds.